The van der Waals surface area contributed by atoms with E-state index in [1.165, 1.54) is 0 Å². The maximum absolute atomic E-state index is 11.6. The number of nitrogens with two attached hydrogens (primary N) is 1. The van der Waals surface area contributed by atoms with Crippen molar-refractivity contribution < 1.29 is 4.79 Å². The number of hydrogen-bond acceptors (Lipinski definition) is 5. The van der Waals surface area contributed by atoms with E-state index in [0.29, 0.717) is 16.5 Å². The minimum absolute atomic E-state index is 0.302. The van der Waals surface area contributed by atoms with Crippen molar-refractivity contribution in [1.82, 2.24) is 14.8 Å². The van der Waals surface area contributed by atoms with Gasteiger partial charge in [-0.05, 0) is 31.2 Å². The maximum atomic E-state index is 11.6. The molecule has 3 heterocycles. The van der Waals surface area contributed by atoms with Crippen LogP contribution < -0.4 is 16.0 Å². The molecule has 0 bridgehead atoms. The normalized spacial score (nSPS) is 15.7. The molecule has 1 aliphatic rings. The van der Waals surface area contributed by atoms with Crippen molar-refractivity contribution in [1.29, 1.82) is 0 Å². The second kappa shape index (κ2) is 6.03. The van der Waals surface area contributed by atoms with E-state index in [2.05, 4.69) is 15.4 Å². The summed E-state index contributed by atoms with van der Waals surface area (Å²) in [6.07, 6.45) is 1.27. The number of aromatic nitrogens is 3. The number of benzene rings is 1. The number of hydrogen-bond donors (Lipinski definition) is 2. The quantitative estimate of drug-likeness (QED) is 0.741. The Kier molecular flexibility index (Phi) is 3.81. The molecule has 3 N–H and O–H groups in total. The van der Waals surface area contributed by atoms with Gasteiger partial charge in [0.1, 0.15) is 17.1 Å². The molecule has 0 spiro atoms. The van der Waals surface area contributed by atoms with E-state index in [0.717, 1.165) is 22.6 Å². The Morgan fingerprint density at radius 1 is 1.31 bits per heavy atom. The zero-order valence-electron chi connectivity index (χ0n) is 14.3. The molecule has 1 unspecified atom stereocenters. The average molecular weight is 369 g/mol. The van der Waals surface area contributed by atoms with E-state index >= 15 is 0 Å². The number of nitrogens with one attached hydrogen (secondary N) is 1. The lowest BCUT2D eigenvalue weighted by atomic mass is 10.1. The molecule has 1 atom stereocenters. The van der Waals surface area contributed by atoms with Gasteiger partial charge < -0.3 is 11.1 Å². The fraction of sp³-hybridized carbons (Fsp3) is 0.167. The SMILES string of the molecule is Cc1nn(C)c(Cl)c1C1Nc2ccccc2N1c1cc(C(N)=O)ccn1. The molecule has 0 aliphatic carbocycles. The van der Waals surface area contributed by atoms with Crippen LogP contribution in [0.4, 0.5) is 17.2 Å². The monoisotopic (exact) mass is 368 g/mol. The van der Waals surface area contributed by atoms with Crippen LogP contribution in [0.2, 0.25) is 5.15 Å². The third-order valence-corrected chi connectivity index (χ3v) is 4.91. The van der Waals surface area contributed by atoms with E-state index in [9.17, 15) is 4.79 Å². The smallest absolute Gasteiger partial charge is 0.248 e. The van der Waals surface area contributed by atoms with Gasteiger partial charge in [0.05, 0.1) is 22.6 Å². The van der Waals surface area contributed by atoms with Gasteiger partial charge in [0.15, 0.2) is 0 Å². The second-order valence-electron chi connectivity index (χ2n) is 6.11. The number of amides is 1. The number of anilines is 3. The van der Waals surface area contributed by atoms with Crippen LogP contribution in [-0.4, -0.2) is 20.7 Å². The summed E-state index contributed by atoms with van der Waals surface area (Å²) >= 11 is 6.51. The van der Waals surface area contributed by atoms with Crippen LogP contribution in [0.5, 0.6) is 0 Å². The summed E-state index contributed by atoms with van der Waals surface area (Å²) in [6.45, 7) is 1.91. The highest BCUT2D eigenvalue weighted by atomic mass is 35.5. The van der Waals surface area contributed by atoms with Crippen LogP contribution in [0, 0.1) is 6.92 Å². The number of fused-ring (bicyclic) bond motifs is 1. The van der Waals surface area contributed by atoms with Crippen molar-refractivity contribution in [3.8, 4) is 0 Å². The van der Waals surface area contributed by atoms with E-state index in [4.69, 9.17) is 17.3 Å². The molecule has 26 heavy (non-hydrogen) atoms. The first-order chi connectivity index (χ1) is 12.5. The molecule has 132 valence electrons. The van der Waals surface area contributed by atoms with Gasteiger partial charge in [-0.15, -0.1) is 0 Å². The number of carbonyl (C=O) groups excluding carboxylic acids is 1. The molecule has 7 nitrogen and oxygen atoms in total. The van der Waals surface area contributed by atoms with E-state index in [-0.39, 0.29) is 6.17 Å². The molecule has 0 radical (unpaired) electrons. The minimum Gasteiger partial charge on any atom is -0.366 e. The highest BCUT2D eigenvalue weighted by molar-refractivity contribution is 6.30. The van der Waals surface area contributed by atoms with Crippen LogP contribution >= 0.6 is 11.6 Å². The molecule has 3 aromatic rings. The van der Waals surface area contributed by atoms with Crippen molar-refractivity contribution in [2.45, 2.75) is 13.1 Å². The Hall–Kier alpha value is -3.06. The van der Waals surface area contributed by atoms with E-state index in [1.54, 1.807) is 30.1 Å². The van der Waals surface area contributed by atoms with Crippen molar-refractivity contribution in [2.24, 2.45) is 12.8 Å². The van der Waals surface area contributed by atoms with Gasteiger partial charge in [-0.25, -0.2) is 4.98 Å². The largest absolute Gasteiger partial charge is 0.366 e. The first kappa shape index (κ1) is 16.4. The molecule has 2 aromatic heterocycles. The summed E-state index contributed by atoms with van der Waals surface area (Å²) in [6, 6.07) is 11.2. The van der Waals surface area contributed by atoms with Crippen LogP contribution in [-0.2, 0) is 7.05 Å². The lowest BCUT2D eigenvalue weighted by Crippen LogP contribution is -2.25. The first-order valence-electron chi connectivity index (χ1n) is 8.07. The molecular weight excluding hydrogens is 352 g/mol. The third-order valence-electron chi connectivity index (χ3n) is 4.46. The van der Waals surface area contributed by atoms with Gasteiger partial charge in [0.2, 0.25) is 5.91 Å². The van der Waals surface area contributed by atoms with Crippen molar-refractivity contribution in [2.75, 3.05) is 10.2 Å². The lowest BCUT2D eigenvalue weighted by molar-refractivity contribution is 0.1000. The Bertz CT molecular complexity index is 1010. The number of rotatable bonds is 3. The summed E-state index contributed by atoms with van der Waals surface area (Å²) in [5.74, 6) is 0.101. The molecule has 1 aromatic carbocycles. The Morgan fingerprint density at radius 3 is 2.77 bits per heavy atom. The van der Waals surface area contributed by atoms with Crippen LogP contribution in [0.1, 0.15) is 27.8 Å². The molecule has 0 saturated carbocycles. The molecule has 1 amide bonds. The summed E-state index contributed by atoms with van der Waals surface area (Å²) in [7, 11) is 1.80. The number of aryl methyl sites for hydroxylation is 2. The average Bonchev–Trinajstić information content (AvgIpc) is 3.11. The number of carbonyl (C=O) groups is 1. The van der Waals surface area contributed by atoms with Crippen LogP contribution in [0.25, 0.3) is 0 Å². The van der Waals surface area contributed by atoms with Gasteiger partial charge in [-0.2, -0.15) is 5.10 Å². The topological polar surface area (TPSA) is 89.1 Å². The Morgan fingerprint density at radius 2 is 2.08 bits per heavy atom. The van der Waals surface area contributed by atoms with Gasteiger partial charge in [-0.1, -0.05) is 23.7 Å². The van der Waals surface area contributed by atoms with Gasteiger partial charge in [0.25, 0.3) is 0 Å². The molecule has 0 fully saturated rings. The van der Waals surface area contributed by atoms with E-state index in [1.807, 2.05) is 36.1 Å². The van der Waals surface area contributed by atoms with Gasteiger partial charge >= 0.3 is 0 Å². The first-order valence-corrected chi connectivity index (χ1v) is 8.45. The summed E-state index contributed by atoms with van der Waals surface area (Å²) in [4.78, 5) is 18.1. The number of para-hydroxylation sites is 2. The number of pyridine rings is 1. The van der Waals surface area contributed by atoms with Crippen molar-refractivity contribution >= 4 is 34.7 Å². The number of nitrogens with zero attached hydrogens (tertiary/aromatic N) is 4. The Labute approximate surface area is 155 Å². The molecule has 0 saturated heterocycles. The van der Waals surface area contributed by atoms with Crippen LogP contribution in [0.3, 0.4) is 0 Å². The van der Waals surface area contributed by atoms with Crippen LogP contribution in [0.15, 0.2) is 42.6 Å². The summed E-state index contributed by atoms with van der Waals surface area (Å²) in [5.41, 5.74) is 9.39. The summed E-state index contributed by atoms with van der Waals surface area (Å²) < 4.78 is 1.64. The fourth-order valence-electron chi connectivity index (χ4n) is 3.27. The molecule has 1 aliphatic heterocycles. The number of halogens is 1. The lowest BCUT2D eigenvalue weighted by Gasteiger charge is -2.26. The van der Waals surface area contributed by atoms with Gasteiger partial charge in [-0.3, -0.25) is 14.4 Å². The fourth-order valence-corrected chi connectivity index (χ4v) is 3.55. The van der Waals surface area contributed by atoms with Gasteiger partial charge in [0, 0.05) is 18.8 Å². The molecular formula is C18H17ClN6O. The maximum Gasteiger partial charge on any atom is 0.248 e. The zero-order chi connectivity index (χ0) is 18.4. The predicted molar refractivity (Wildman–Crippen MR) is 101 cm³/mol. The van der Waals surface area contributed by atoms with Crippen molar-refractivity contribution in [3.05, 3.63) is 64.6 Å². The Balaban J connectivity index is 1.90. The second-order valence-corrected chi connectivity index (χ2v) is 6.47. The molecule has 8 heteroatoms. The third kappa shape index (κ3) is 2.48. The number of primary amides is 1. The highest BCUT2D eigenvalue weighted by Crippen LogP contribution is 2.47. The van der Waals surface area contributed by atoms with E-state index < -0.39 is 5.91 Å². The summed E-state index contributed by atoms with van der Waals surface area (Å²) in [5, 5.41) is 8.44. The molecule has 4 rings (SSSR count). The van der Waals surface area contributed by atoms with Crippen molar-refractivity contribution in [3.63, 3.8) is 0 Å². The standard InChI is InChI=1S/C18H17ClN6O/c1-10-15(16(19)24(2)23-10)18-22-12-5-3-4-6-13(12)25(18)14-9-11(17(20)26)7-8-21-14/h3-9,18,22H,1-2H3,(H2,20,26). The predicted octanol–water partition coefficient (Wildman–Crippen LogP) is 3.14. The minimum atomic E-state index is -0.499. The highest BCUT2D eigenvalue weighted by Gasteiger charge is 2.35. The zero-order valence-corrected chi connectivity index (χ0v) is 15.0.